The van der Waals surface area contributed by atoms with E-state index in [0.29, 0.717) is 25.1 Å². The van der Waals surface area contributed by atoms with Crippen molar-refractivity contribution in [1.29, 1.82) is 0 Å². The third-order valence-electron chi connectivity index (χ3n) is 4.59. The zero-order valence-corrected chi connectivity index (χ0v) is 16.4. The summed E-state index contributed by atoms with van der Waals surface area (Å²) in [5.41, 5.74) is 2.68. The van der Waals surface area contributed by atoms with Crippen LogP contribution in [0.2, 0.25) is 0 Å². The summed E-state index contributed by atoms with van der Waals surface area (Å²) in [7, 11) is 3.00. The van der Waals surface area contributed by atoms with Crippen LogP contribution in [0.25, 0.3) is 0 Å². The fourth-order valence-corrected chi connectivity index (χ4v) is 2.92. The highest BCUT2D eigenvalue weighted by molar-refractivity contribution is 5.95. The van der Waals surface area contributed by atoms with E-state index in [1.165, 1.54) is 7.11 Å². The van der Waals surface area contributed by atoms with Gasteiger partial charge in [-0.15, -0.1) is 0 Å². The first kappa shape index (κ1) is 20.5. The Labute approximate surface area is 160 Å². The van der Waals surface area contributed by atoms with E-state index < -0.39 is 0 Å². The Bertz CT molecular complexity index is 770. The number of carbonyl (C=O) groups is 2. The van der Waals surface area contributed by atoms with Crippen molar-refractivity contribution < 1.29 is 19.1 Å². The Morgan fingerprint density at radius 2 is 1.70 bits per heavy atom. The molecule has 0 heterocycles. The fourth-order valence-electron chi connectivity index (χ4n) is 2.92. The molecule has 5 heteroatoms. The van der Waals surface area contributed by atoms with Crippen LogP contribution in [0, 0.1) is 12.8 Å². The van der Waals surface area contributed by atoms with Gasteiger partial charge in [0.1, 0.15) is 5.75 Å². The second-order valence-corrected chi connectivity index (χ2v) is 6.59. The minimum absolute atomic E-state index is 0.0719. The molecule has 0 saturated heterocycles. The number of nitrogens with zero attached hydrogens (tertiary/aromatic N) is 1. The number of aryl methyl sites for hydroxylation is 1. The van der Waals surface area contributed by atoms with E-state index in [1.54, 1.807) is 18.9 Å². The van der Waals surface area contributed by atoms with Gasteiger partial charge in [-0.25, -0.2) is 0 Å². The molecule has 0 bridgehead atoms. The third kappa shape index (κ3) is 5.58. The van der Waals surface area contributed by atoms with Gasteiger partial charge < -0.3 is 14.4 Å². The molecule has 0 spiro atoms. The van der Waals surface area contributed by atoms with Crippen molar-refractivity contribution >= 4 is 11.9 Å². The van der Waals surface area contributed by atoms with Gasteiger partial charge in [0.2, 0.25) is 0 Å². The van der Waals surface area contributed by atoms with Gasteiger partial charge in [-0.3, -0.25) is 9.59 Å². The molecule has 1 atom stereocenters. The monoisotopic (exact) mass is 369 g/mol. The van der Waals surface area contributed by atoms with Crippen LogP contribution in [0.3, 0.4) is 0 Å². The van der Waals surface area contributed by atoms with E-state index in [9.17, 15) is 9.59 Å². The number of hydrogen-bond donors (Lipinski definition) is 0. The van der Waals surface area contributed by atoms with Crippen LogP contribution in [0.4, 0.5) is 0 Å². The summed E-state index contributed by atoms with van der Waals surface area (Å²) in [4.78, 5) is 26.7. The van der Waals surface area contributed by atoms with E-state index in [0.717, 1.165) is 16.9 Å². The topological polar surface area (TPSA) is 55.8 Å². The molecule has 0 aromatic heterocycles. The maximum absolute atomic E-state index is 13.1. The average molecular weight is 369 g/mol. The number of carbonyl (C=O) groups excluding carboxylic acids is 2. The number of rotatable bonds is 8. The molecular weight excluding hydrogens is 342 g/mol. The molecule has 0 aliphatic carbocycles. The van der Waals surface area contributed by atoms with Gasteiger partial charge in [0.25, 0.3) is 5.91 Å². The van der Waals surface area contributed by atoms with E-state index >= 15 is 0 Å². The number of methoxy groups -OCH3 is 2. The smallest absolute Gasteiger partial charge is 0.310 e. The van der Waals surface area contributed by atoms with Gasteiger partial charge in [0, 0.05) is 18.7 Å². The normalized spacial score (nSPS) is 11.6. The lowest BCUT2D eigenvalue weighted by atomic mass is 10.1. The molecule has 1 unspecified atom stereocenters. The highest BCUT2D eigenvalue weighted by Gasteiger charge is 2.23. The molecule has 0 saturated carbocycles. The van der Waals surface area contributed by atoms with Crippen LogP contribution >= 0.6 is 0 Å². The van der Waals surface area contributed by atoms with Crippen LogP contribution < -0.4 is 4.74 Å². The van der Waals surface area contributed by atoms with Gasteiger partial charge >= 0.3 is 5.97 Å². The molecule has 0 aliphatic rings. The number of amides is 1. The van der Waals surface area contributed by atoms with Crippen molar-refractivity contribution in [3.63, 3.8) is 0 Å². The first-order valence-corrected chi connectivity index (χ1v) is 9.02. The van der Waals surface area contributed by atoms with Gasteiger partial charge in [-0.1, -0.05) is 37.3 Å². The van der Waals surface area contributed by atoms with Crippen LogP contribution in [-0.4, -0.2) is 44.1 Å². The number of ether oxygens (including phenoxy) is 2. The fraction of sp³-hybridized carbons (Fsp3) is 0.364. The third-order valence-corrected chi connectivity index (χ3v) is 4.59. The maximum atomic E-state index is 13.1. The summed E-state index contributed by atoms with van der Waals surface area (Å²) in [6.07, 6.45) is 0.690. The van der Waals surface area contributed by atoms with Gasteiger partial charge in [0.15, 0.2) is 0 Å². The molecule has 0 N–H and O–H groups in total. The number of hydrogen-bond acceptors (Lipinski definition) is 4. The minimum atomic E-state index is -0.390. The van der Waals surface area contributed by atoms with Gasteiger partial charge in [-0.2, -0.15) is 0 Å². The molecule has 2 aromatic rings. The Hall–Kier alpha value is -2.82. The molecular formula is C22H27NO4. The maximum Gasteiger partial charge on any atom is 0.310 e. The zero-order chi connectivity index (χ0) is 19.8. The van der Waals surface area contributed by atoms with Crippen molar-refractivity contribution in [2.75, 3.05) is 27.3 Å². The van der Waals surface area contributed by atoms with Gasteiger partial charge in [-0.05, 0) is 42.7 Å². The highest BCUT2D eigenvalue weighted by atomic mass is 16.5. The van der Waals surface area contributed by atoms with E-state index in [2.05, 4.69) is 0 Å². The summed E-state index contributed by atoms with van der Waals surface area (Å²) in [5, 5.41) is 0. The zero-order valence-electron chi connectivity index (χ0n) is 16.4. The summed E-state index contributed by atoms with van der Waals surface area (Å²) >= 11 is 0. The number of benzene rings is 2. The SMILES string of the molecule is COC(=O)C(C)CN(CCc1ccc(OC)cc1)C(=O)c1ccccc1C. The summed E-state index contributed by atoms with van der Waals surface area (Å²) < 4.78 is 10.00. The van der Waals surface area contributed by atoms with Crippen LogP contribution in [-0.2, 0) is 16.0 Å². The van der Waals surface area contributed by atoms with E-state index in [4.69, 9.17) is 9.47 Å². The lowest BCUT2D eigenvalue weighted by Crippen LogP contribution is -2.39. The summed E-state index contributed by atoms with van der Waals surface area (Å²) in [5.74, 6) is 0.0177. The molecule has 27 heavy (non-hydrogen) atoms. The van der Waals surface area contributed by atoms with Crippen molar-refractivity contribution in [1.82, 2.24) is 4.90 Å². The first-order chi connectivity index (χ1) is 13.0. The van der Waals surface area contributed by atoms with Crippen molar-refractivity contribution in [3.05, 3.63) is 65.2 Å². The first-order valence-electron chi connectivity index (χ1n) is 9.02. The Balaban J connectivity index is 2.16. The number of esters is 1. The molecule has 144 valence electrons. The minimum Gasteiger partial charge on any atom is -0.497 e. The predicted molar refractivity (Wildman–Crippen MR) is 105 cm³/mol. The van der Waals surface area contributed by atoms with Crippen LogP contribution in [0.5, 0.6) is 5.75 Å². The summed E-state index contributed by atoms with van der Waals surface area (Å²) in [6, 6.07) is 15.3. The Morgan fingerprint density at radius 3 is 2.30 bits per heavy atom. The lowest BCUT2D eigenvalue weighted by Gasteiger charge is -2.26. The molecule has 0 aliphatic heterocycles. The van der Waals surface area contributed by atoms with Crippen LogP contribution in [0.15, 0.2) is 48.5 Å². The quantitative estimate of drug-likeness (QED) is 0.669. The Morgan fingerprint density at radius 1 is 1.04 bits per heavy atom. The molecule has 0 radical (unpaired) electrons. The molecule has 2 rings (SSSR count). The lowest BCUT2D eigenvalue weighted by molar-refractivity contribution is -0.145. The molecule has 2 aromatic carbocycles. The van der Waals surface area contributed by atoms with Crippen molar-refractivity contribution in [2.24, 2.45) is 5.92 Å². The van der Waals surface area contributed by atoms with Crippen molar-refractivity contribution in [3.8, 4) is 5.75 Å². The molecule has 1 amide bonds. The predicted octanol–water partition coefficient (Wildman–Crippen LogP) is 3.50. The van der Waals surface area contributed by atoms with Crippen LogP contribution in [0.1, 0.15) is 28.4 Å². The van der Waals surface area contributed by atoms with Crippen molar-refractivity contribution in [2.45, 2.75) is 20.3 Å². The average Bonchev–Trinajstić information content (AvgIpc) is 2.70. The molecule has 5 nitrogen and oxygen atoms in total. The summed E-state index contributed by atoms with van der Waals surface area (Å²) in [6.45, 7) is 4.52. The second-order valence-electron chi connectivity index (χ2n) is 6.59. The molecule has 0 fully saturated rings. The van der Waals surface area contributed by atoms with E-state index in [1.807, 2.05) is 55.5 Å². The standard InChI is InChI=1S/C22H27NO4/c1-16-7-5-6-8-20(16)21(24)23(15-17(2)22(25)27-4)14-13-18-9-11-19(26-3)12-10-18/h5-12,17H,13-15H2,1-4H3. The second kappa shape index (κ2) is 9.76. The van der Waals surface area contributed by atoms with Gasteiger partial charge in [0.05, 0.1) is 20.1 Å². The highest BCUT2D eigenvalue weighted by Crippen LogP contribution is 2.16. The van der Waals surface area contributed by atoms with E-state index in [-0.39, 0.29) is 17.8 Å². The largest absolute Gasteiger partial charge is 0.497 e. The Kier molecular flexibility index (Phi) is 7.41.